The van der Waals surface area contributed by atoms with E-state index in [1.165, 1.54) is 25.3 Å². The number of Topliss-reactive ketones (excluding diaryl/α,β-unsaturated/α-hetero) is 1. The third-order valence-corrected chi connectivity index (χ3v) is 3.84. The number of aromatic nitrogens is 1. The Kier molecular flexibility index (Phi) is 5.37. The molecule has 2 aromatic carbocycles. The third-order valence-electron chi connectivity index (χ3n) is 3.84. The van der Waals surface area contributed by atoms with E-state index in [0.717, 1.165) is 0 Å². The predicted molar refractivity (Wildman–Crippen MR) is 103 cm³/mol. The van der Waals surface area contributed by atoms with Crippen LogP contribution in [0.4, 0.5) is 11.4 Å². The Morgan fingerprint density at radius 1 is 0.741 bits per heavy atom. The standard InChI is InChI=1S/C21H17N3O3/c1-14(25)15-7-9-18(10-8-15)23-20(26)16-11-12-22-19(13-16)21(27)24-17-5-3-2-4-6-17/h2-13H,1H3,(H,23,26)(H,24,27). The number of anilines is 2. The highest BCUT2D eigenvalue weighted by molar-refractivity contribution is 6.08. The molecule has 2 amide bonds. The van der Waals surface area contributed by atoms with Crippen LogP contribution in [0.25, 0.3) is 0 Å². The molecule has 27 heavy (non-hydrogen) atoms. The molecule has 0 atom stereocenters. The summed E-state index contributed by atoms with van der Waals surface area (Å²) in [7, 11) is 0. The molecular formula is C21H17N3O3. The SMILES string of the molecule is CC(=O)c1ccc(NC(=O)c2ccnc(C(=O)Nc3ccccc3)c2)cc1. The van der Waals surface area contributed by atoms with Crippen LogP contribution in [0.1, 0.15) is 38.1 Å². The number of nitrogens with zero attached hydrogens (tertiary/aromatic N) is 1. The van der Waals surface area contributed by atoms with Gasteiger partial charge in [0.05, 0.1) is 0 Å². The van der Waals surface area contributed by atoms with Gasteiger partial charge in [-0.05, 0) is 55.5 Å². The number of rotatable bonds is 5. The Balaban J connectivity index is 1.71. The number of para-hydroxylation sites is 1. The number of hydrogen-bond donors (Lipinski definition) is 2. The summed E-state index contributed by atoms with van der Waals surface area (Å²) in [6.07, 6.45) is 1.41. The van der Waals surface area contributed by atoms with Crippen LogP contribution >= 0.6 is 0 Å². The van der Waals surface area contributed by atoms with Crippen LogP contribution in [-0.2, 0) is 0 Å². The second kappa shape index (κ2) is 8.05. The van der Waals surface area contributed by atoms with Gasteiger partial charge in [-0.2, -0.15) is 0 Å². The van der Waals surface area contributed by atoms with Gasteiger partial charge in [0.2, 0.25) is 0 Å². The van der Waals surface area contributed by atoms with Crippen molar-refractivity contribution in [3.05, 3.63) is 89.7 Å². The first-order valence-corrected chi connectivity index (χ1v) is 8.28. The molecule has 1 aromatic heterocycles. The minimum atomic E-state index is -0.401. The maximum absolute atomic E-state index is 12.4. The smallest absolute Gasteiger partial charge is 0.274 e. The van der Waals surface area contributed by atoms with Crippen molar-refractivity contribution >= 4 is 29.0 Å². The average Bonchev–Trinajstić information content (AvgIpc) is 2.69. The number of carbonyl (C=O) groups excluding carboxylic acids is 3. The lowest BCUT2D eigenvalue weighted by Gasteiger charge is -2.08. The minimum absolute atomic E-state index is 0.0453. The van der Waals surface area contributed by atoms with Crippen molar-refractivity contribution in [2.45, 2.75) is 6.92 Å². The van der Waals surface area contributed by atoms with Crippen molar-refractivity contribution in [1.82, 2.24) is 4.98 Å². The van der Waals surface area contributed by atoms with E-state index in [2.05, 4.69) is 15.6 Å². The highest BCUT2D eigenvalue weighted by Gasteiger charge is 2.12. The Morgan fingerprint density at radius 3 is 2.04 bits per heavy atom. The first-order chi connectivity index (χ1) is 13.0. The van der Waals surface area contributed by atoms with Crippen molar-refractivity contribution < 1.29 is 14.4 Å². The van der Waals surface area contributed by atoms with Crippen molar-refractivity contribution in [3.8, 4) is 0 Å². The highest BCUT2D eigenvalue weighted by atomic mass is 16.2. The van der Waals surface area contributed by atoms with Crippen molar-refractivity contribution in [2.75, 3.05) is 10.6 Å². The lowest BCUT2D eigenvalue weighted by atomic mass is 10.1. The van der Waals surface area contributed by atoms with Gasteiger partial charge in [0, 0.05) is 28.7 Å². The van der Waals surface area contributed by atoms with Gasteiger partial charge >= 0.3 is 0 Å². The number of ketones is 1. The molecule has 3 aromatic rings. The van der Waals surface area contributed by atoms with Gasteiger partial charge in [0.1, 0.15) is 5.69 Å². The van der Waals surface area contributed by atoms with E-state index in [-0.39, 0.29) is 17.4 Å². The molecule has 0 aliphatic heterocycles. The quantitative estimate of drug-likeness (QED) is 0.679. The number of amides is 2. The number of benzene rings is 2. The van der Waals surface area contributed by atoms with Gasteiger partial charge in [0.25, 0.3) is 11.8 Å². The fourth-order valence-corrected chi connectivity index (χ4v) is 2.40. The monoisotopic (exact) mass is 359 g/mol. The van der Waals surface area contributed by atoms with Crippen LogP contribution in [0, 0.1) is 0 Å². The average molecular weight is 359 g/mol. The Morgan fingerprint density at radius 2 is 1.37 bits per heavy atom. The lowest BCUT2D eigenvalue weighted by Crippen LogP contribution is -2.17. The third kappa shape index (κ3) is 4.64. The van der Waals surface area contributed by atoms with Gasteiger partial charge < -0.3 is 10.6 Å². The van der Waals surface area contributed by atoms with Crippen LogP contribution in [-0.4, -0.2) is 22.6 Å². The maximum atomic E-state index is 12.4. The molecule has 0 bridgehead atoms. The van der Waals surface area contributed by atoms with Gasteiger partial charge in [-0.15, -0.1) is 0 Å². The molecule has 1 heterocycles. The summed E-state index contributed by atoms with van der Waals surface area (Å²) in [4.78, 5) is 40.1. The Hall–Kier alpha value is -3.80. The van der Waals surface area contributed by atoms with Crippen molar-refractivity contribution in [2.24, 2.45) is 0 Å². The first-order valence-electron chi connectivity index (χ1n) is 8.28. The topological polar surface area (TPSA) is 88.2 Å². The molecule has 6 nitrogen and oxygen atoms in total. The van der Waals surface area contributed by atoms with E-state index < -0.39 is 5.91 Å². The molecule has 0 fully saturated rings. The van der Waals surface area contributed by atoms with E-state index in [1.807, 2.05) is 18.2 Å². The number of hydrogen-bond acceptors (Lipinski definition) is 4. The highest BCUT2D eigenvalue weighted by Crippen LogP contribution is 2.13. The van der Waals surface area contributed by atoms with E-state index in [0.29, 0.717) is 22.5 Å². The summed E-state index contributed by atoms with van der Waals surface area (Å²) < 4.78 is 0. The van der Waals surface area contributed by atoms with Crippen LogP contribution in [0.3, 0.4) is 0 Å². The Bertz CT molecular complexity index is 983. The summed E-state index contributed by atoms with van der Waals surface area (Å²) >= 11 is 0. The molecular weight excluding hydrogens is 342 g/mol. The van der Waals surface area contributed by atoms with E-state index >= 15 is 0 Å². The second-order valence-corrected chi connectivity index (χ2v) is 5.84. The van der Waals surface area contributed by atoms with Crippen LogP contribution in [0.15, 0.2) is 72.9 Å². The molecule has 2 N–H and O–H groups in total. The molecule has 6 heteroatoms. The number of pyridine rings is 1. The lowest BCUT2D eigenvalue weighted by molar-refractivity contribution is 0.100. The van der Waals surface area contributed by atoms with Gasteiger partial charge in [-0.25, -0.2) is 0 Å². The summed E-state index contributed by atoms with van der Waals surface area (Å²) in [6, 6.07) is 18.5. The van der Waals surface area contributed by atoms with Gasteiger partial charge in [-0.1, -0.05) is 18.2 Å². The van der Waals surface area contributed by atoms with E-state index in [9.17, 15) is 14.4 Å². The van der Waals surface area contributed by atoms with Gasteiger partial charge in [-0.3, -0.25) is 19.4 Å². The van der Waals surface area contributed by atoms with E-state index in [1.54, 1.807) is 36.4 Å². The normalized spacial score (nSPS) is 10.1. The first kappa shape index (κ1) is 18.0. The van der Waals surface area contributed by atoms with E-state index in [4.69, 9.17) is 0 Å². The summed E-state index contributed by atoms with van der Waals surface area (Å²) in [5, 5.41) is 5.46. The summed E-state index contributed by atoms with van der Waals surface area (Å²) in [5.74, 6) is -0.820. The largest absolute Gasteiger partial charge is 0.322 e. The fraction of sp³-hybridized carbons (Fsp3) is 0.0476. The number of carbonyl (C=O) groups is 3. The molecule has 0 aliphatic rings. The molecule has 134 valence electrons. The minimum Gasteiger partial charge on any atom is -0.322 e. The zero-order valence-electron chi connectivity index (χ0n) is 14.6. The zero-order valence-corrected chi connectivity index (χ0v) is 14.6. The van der Waals surface area contributed by atoms with Crippen LogP contribution in [0.2, 0.25) is 0 Å². The molecule has 0 spiro atoms. The molecule has 0 saturated heterocycles. The predicted octanol–water partition coefficient (Wildman–Crippen LogP) is 3.79. The molecule has 0 unspecified atom stereocenters. The van der Waals surface area contributed by atoms with Crippen molar-refractivity contribution in [3.63, 3.8) is 0 Å². The second-order valence-electron chi connectivity index (χ2n) is 5.84. The van der Waals surface area contributed by atoms with Gasteiger partial charge in [0.15, 0.2) is 5.78 Å². The Labute approximate surface area is 156 Å². The fourth-order valence-electron chi connectivity index (χ4n) is 2.40. The number of nitrogens with one attached hydrogen (secondary N) is 2. The maximum Gasteiger partial charge on any atom is 0.274 e. The molecule has 3 rings (SSSR count). The molecule has 0 saturated carbocycles. The van der Waals surface area contributed by atoms with Crippen LogP contribution in [0.5, 0.6) is 0 Å². The summed E-state index contributed by atoms with van der Waals surface area (Å²) in [5.41, 5.74) is 2.20. The van der Waals surface area contributed by atoms with Crippen LogP contribution < -0.4 is 10.6 Å². The zero-order chi connectivity index (χ0) is 19.2. The summed E-state index contributed by atoms with van der Waals surface area (Å²) in [6.45, 7) is 1.48. The molecule has 0 aliphatic carbocycles. The van der Waals surface area contributed by atoms with Crippen molar-refractivity contribution in [1.29, 1.82) is 0 Å². The molecule has 0 radical (unpaired) electrons.